The monoisotopic (exact) mass is 292 g/mol. The lowest BCUT2D eigenvalue weighted by Gasteiger charge is -2.09. The first-order chi connectivity index (χ1) is 10.1. The van der Waals surface area contributed by atoms with Crippen molar-refractivity contribution in [3.8, 4) is 0 Å². The second kappa shape index (κ2) is 6.81. The van der Waals surface area contributed by atoms with Gasteiger partial charge in [0, 0.05) is 18.4 Å². The average molecular weight is 292 g/mol. The van der Waals surface area contributed by atoms with Gasteiger partial charge in [-0.1, -0.05) is 12.1 Å². The number of anilines is 2. The highest BCUT2D eigenvalue weighted by molar-refractivity contribution is 5.99. The topological polar surface area (TPSA) is 61.4 Å². The molecule has 2 aromatic rings. The normalized spacial score (nSPS) is 10.2. The van der Waals surface area contributed by atoms with Crippen LogP contribution in [0, 0.1) is 11.6 Å². The Bertz CT molecular complexity index is 630. The third-order valence-electron chi connectivity index (χ3n) is 2.79. The van der Waals surface area contributed by atoms with E-state index in [1.54, 1.807) is 24.3 Å². The summed E-state index contributed by atoms with van der Waals surface area (Å²) in [5.74, 6) is -1.36. The van der Waals surface area contributed by atoms with Crippen LogP contribution < -0.4 is 10.6 Å². The van der Waals surface area contributed by atoms with Crippen LogP contribution in [-0.4, -0.2) is 17.7 Å². The molecule has 2 amide bonds. The van der Waals surface area contributed by atoms with Crippen molar-refractivity contribution in [2.75, 3.05) is 17.2 Å². The van der Waals surface area contributed by atoms with Crippen LogP contribution in [0.15, 0.2) is 42.5 Å². The van der Waals surface area contributed by atoms with Crippen molar-refractivity contribution in [1.29, 1.82) is 0 Å². The lowest BCUT2D eigenvalue weighted by atomic mass is 10.1. The van der Waals surface area contributed by atoms with Gasteiger partial charge in [0.1, 0.15) is 11.6 Å². The summed E-state index contributed by atoms with van der Waals surface area (Å²) in [7, 11) is 0. The van der Waals surface area contributed by atoms with Crippen molar-refractivity contribution in [2.24, 2.45) is 0 Å². The SMILES string of the molecule is O=C(Nc1ccc(CCO)cc1)Nc1cc(F)ccc1F. The summed E-state index contributed by atoms with van der Waals surface area (Å²) >= 11 is 0. The molecule has 0 saturated heterocycles. The molecule has 2 rings (SSSR count). The Morgan fingerprint density at radius 2 is 1.76 bits per heavy atom. The predicted molar refractivity (Wildman–Crippen MR) is 76.2 cm³/mol. The number of halogens is 2. The second-order valence-electron chi connectivity index (χ2n) is 4.37. The fourth-order valence-electron chi connectivity index (χ4n) is 1.76. The fourth-order valence-corrected chi connectivity index (χ4v) is 1.76. The number of aliphatic hydroxyl groups excluding tert-OH is 1. The molecule has 21 heavy (non-hydrogen) atoms. The third-order valence-corrected chi connectivity index (χ3v) is 2.79. The number of carbonyl (C=O) groups is 1. The van der Waals surface area contributed by atoms with Crippen LogP contribution in [0.3, 0.4) is 0 Å². The number of carbonyl (C=O) groups excluding carboxylic acids is 1. The minimum absolute atomic E-state index is 0.0477. The van der Waals surface area contributed by atoms with E-state index >= 15 is 0 Å². The maximum atomic E-state index is 13.4. The molecule has 0 bridgehead atoms. The van der Waals surface area contributed by atoms with E-state index < -0.39 is 17.7 Å². The number of nitrogens with one attached hydrogen (secondary N) is 2. The number of rotatable bonds is 4. The maximum absolute atomic E-state index is 13.4. The van der Waals surface area contributed by atoms with Gasteiger partial charge in [0.15, 0.2) is 0 Å². The molecule has 0 aliphatic rings. The number of urea groups is 1. The minimum atomic E-state index is -0.718. The Balaban J connectivity index is 1.99. The molecular formula is C15H14F2N2O2. The van der Waals surface area contributed by atoms with Gasteiger partial charge in [-0.25, -0.2) is 13.6 Å². The minimum Gasteiger partial charge on any atom is -0.396 e. The van der Waals surface area contributed by atoms with Crippen LogP contribution in [0.1, 0.15) is 5.56 Å². The molecule has 0 radical (unpaired) electrons. The summed E-state index contributed by atoms with van der Waals surface area (Å²) in [5.41, 5.74) is 1.20. The van der Waals surface area contributed by atoms with E-state index in [2.05, 4.69) is 10.6 Å². The number of benzene rings is 2. The molecule has 0 spiro atoms. The van der Waals surface area contributed by atoms with Gasteiger partial charge in [0.05, 0.1) is 5.69 Å². The fraction of sp³-hybridized carbons (Fsp3) is 0.133. The molecule has 0 saturated carbocycles. The Hall–Kier alpha value is -2.47. The van der Waals surface area contributed by atoms with E-state index in [4.69, 9.17) is 5.11 Å². The molecule has 2 aromatic carbocycles. The highest BCUT2D eigenvalue weighted by Gasteiger charge is 2.08. The first kappa shape index (κ1) is 14.9. The Labute approximate surface area is 120 Å². The zero-order chi connectivity index (χ0) is 15.2. The van der Waals surface area contributed by atoms with Crippen molar-refractivity contribution in [1.82, 2.24) is 0 Å². The molecule has 0 heterocycles. The number of amides is 2. The van der Waals surface area contributed by atoms with E-state index in [-0.39, 0.29) is 12.3 Å². The van der Waals surface area contributed by atoms with Gasteiger partial charge < -0.3 is 15.7 Å². The van der Waals surface area contributed by atoms with Crippen molar-refractivity contribution in [2.45, 2.75) is 6.42 Å². The molecular weight excluding hydrogens is 278 g/mol. The standard InChI is InChI=1S/C15H14F2N2O2/c16-11-3-6-13(17)14(9-11)19-15(21)18-12-4-1-10(2-5-12)7-8-20/h1-6,9,20H,7-8H2,(H2,18,19,21). The molecule has 0 atom stereocenters. The van der Waals surface area contributed by atoms with Gasteiger partial charge in [-0.05, 0) is 36.2 Å². The first-order valence-corrected chi connectivity index (χ1v) is 6.31. The Morgan fingerprint density at radius 3 is 2.43 bits per heavy atom. The van der Waals surface area contributed by atoms with Crippen LogP contribution in [0.2, 0.25) is 0 Å². The lowest BCUT2D eigenvalue weighted by Crippen LogP contribution is -2.20. The summed E-state index contributed by atoms with van der Waals surface area (Å²) in [6, 6.07) is 8.98. The molecule has 0 aliphatic carbocycles. The molecule has 6 heteroatoms. The van der Waals surface area contributed by atoms with E-state index in [0.717, 1.165) is 23.8 Å². The van der Waals surface area contributed by atoms with E-state index in [1.807, 2.05) is 0 Å². The first-order valence-electron chi connectivity index (χ1n) is 6.31. The molecule has 4 nitrogen and oxygen atoms in total. The van der Waals surface area contributed by atoms with E-state index in [0.29, 0.717) is 12.1 Å². The van der Waals surface area contributed by atoms with Gasteiger partial charge in [-0.2, -0.15) is 0 Å². The molecule has 0 aromatic heterocycles. The second-order valence-corrected chi connectivity index (χ2v) is 4.37. The molecule has 0 fully saturated rings. The summed E-state index contributed by atoms with van der Waals surface area (Å²) in [4.78, 5) is 11.7. The van der Waals surface area contributed by atoms with Crippen molar-refractivity contribution in [3.63, 3.8) is 0 Å². The van der Waals surface area contributed by atoms with Crippen LogP contribution >= 0.6 is 0 Å². The van der Waals surface area contributed by atoms with Crippen LogP contribution in [-0.2, 0) is 6.42 Å². The average Bonchev–Trinajstić information content (AvgIpc) is 2.45. The van der Waals surface area contributed by atoms with Gasteiger partial charge >= 0.3 is 6.03 Å². The Morgan fingerprint density at radius 1 is 1.05 bits per heavy atom. The van der Waals surface area contributed by atoms with Crippen molar-refractivity contribution >= 4 is 17.4 Å². The van der Waals surface area contributed by atoms with E-state index in [1.165, 1.54) is 0 Å². The third kappa shape index (κ3) is 4.25. The summed E-state index contributed by atoms with van der Waals surface area (Å²) in [5, 5.41) is 13.5. The molecule has 0 aliphatic heterocycles. The summed E-state index contributed by atoms with van der Waals surface area (Å²) in [6.45, 7) is 0.0477. The van der Waals surface area contributed by atoms with Crippen molar-refractivity contribution in [3.05, 3.63) is 59.7 Å². The molecule has 0 unspecified atom stereocenters. The molecule has 3 N–H and O–H groups in total. The highest BCUT2D eigenvalue weighted by Crippen LogP contribution is 2.16. The lowest BCUT2D eigenvalue weighted by molar-refractivity contribution is 0.262. The Kier molecular flexibility index (Phi) is 4.84. The van der Waals surface area contributed by atoms with Crippen LogP contribution in [0.5, 0.6) is 0 Å². The number of aliphatic hydroxyl groups is 1. The quantitative estimate of drug-likeness (QED) is 0.810. The van der Waals surface area contributed by atoms with Gasteiger partial charge in [-0.3, -0.25) is 0 Å². The summed E-state index contributed by atoms with van der Waals surface area (Å²) in [6.07, 6.45) is 0.529. The smallest absolute Gasteiger partial charge is 0.323 e. The largest absolute Gasteiger partial charge is 0.396 e. The van der Waals surface area contributed by atoms with Gasteiger partial charge in [-0.15, -0.1) is 0 Å². The zero-order valence-electron chi connectivity index (χ0n) is 11.1. The number of hydrogen-bond acceptors (Lipinski definition) is 2. The van der Waals surface area contributed by atoms with Crippen LogP contribution in [0.4, 0.5) is 25.0 Å². The van der Waals surface area contributed by atoms with Gasteiger partial charge in [0.2, 0.25) is 0 Å². The van der Waals surface area contributed by atoms with E-state index in [9.17, 15) is 13.6 Å². The predicted octanol–water partition coefficient (Wildman–Crippen LogP) is 3.14. The molecule has 110 valence electrons. The van der Waals surface area contributed by atoms with Crippen LogP contribution in [0.25, 0.3) is 0 Å². The summed E-state index contributed by atoms with van der Waals surface area (Å²) < 4.78 is 26.4. The van der Waals surface area contributed by atoms with Crippen molar-refractivity contribution < 1.29 is 18.7 Å². The number of hydrogen-bond donors (Lipinski definition) is 3. The maximum Gasteiger partial charge on any atom is 0.323 e. The highest BCUT2D eigenvalue weighted by atomic mass is 19.1. The zero-order valence-corrected chi connectivity index (χ0v) is 11.1. The van der Waals surface area contributed by atoms with Gasteiger partial charge in [0.25, 0.3) is 0 Å².